The van der Waals surface area contributed by atoms with Crippen molar-refractivity contribution in [3.05, 3.63) is 156 Å². The van der Waals surface area contributed by atoms with E-state index in [2.05, 4.69) is 133 Å². The molecule has 0 bridgehead atoms. The molecule has 0 aliphatic carbocycles. The van der Waals surface area contributed by atoms with Crippen LogP contribution in [0.5, 0.6) is 0 Å². The van der Waals surface area contributed by atoms with Gasteiger partial charge in [0.1, 0.15) is 0 Å². The third kappa shape index (κ3) is 4.67. The maximum atomic E-state index is 5.17. The highest BCUT2D eigenvalue weighted by Crippen LogP contribution is 2.32. The fourth-order valence-corrected chi connectivity index (χ4v) is 4.76. The lowest BCUT2D eigenvalue weighted by atomic mass is 9.95. The largest absolute Gasteiger partial charge is 0.232 e. The predicted octanol–water partition coefficient (Wildman–Crippen LogP) is 8.15. The van der Waals surface area contributed by atoms with Gasteiger partial charge in [-0.2, -0.15) is 0 Å². The van der Waals surface area contributed by atoms with Gasteiger partial charge in [-0.3, -0.25) is 0 Å². The Labute approximate surface area is 212 Å². The molecule has 0 saturated carbocycles. The Morgan fingerprint density at radius 2 is 0.778 bits per heavy atom. The van der Waals surface area contributed by atoms with Crippen molar-refractivity contribution in [2.45, 2.75) is 12.8 Å². The molecule has 6 aromatic rings. The third-order valence-corrected chi connectivity index (χ3v) is 6.56. The number of aromatic nitrogens is 2. The van der Waals surface area contributed by atoms with Crippen LogP contribution in [-0.2, 0) is 12.8 Å². The molecule has 0 radical (unpaired) electrons. The summed E-state index contributed by atoms with van der Waals surface area (Å²) in [7, 11) is 0. The first-order chi connectivity index (χ1) is 17.8. The average molecular weight is 463 g/mol. The van der Waals surface area contributed by atoms with Crippen molar-refractivity contribution in [2.75, 3.05) is 0 Å². The monoisotopic (exact) mass is 462 g/mol. The van der Waals surface area contributed by atoms with Crippen molar-refractivity contribution in [1.29, 1.82) is 0 Å². The van der Waals surface area contributed by atoms with Crippen LogP contribution in [0.1, 0.15) is 22.5 Å². The van der Waals surface area contributed by atoms with Crippen molar-refractivity contribution in [2.24, 2.45) is 0 Å². The zero-order valence-electron chi connectivity index (χ0n) is 20.0. The summed E-state index contributed by atoms with van der Waals surface area (Å²) in [4.78, 5) is 10.3. The Balaban J connectivity index is 1.55. The van der Waals surface area contributed by atoms with Crippen LogP contribution in [0.4, 0.5) is 0 Å². The van der Waals surface area contributed by atoms with Gasteiger partial charge in [0.25, 0.3) is 0 Å². The lowest BCUT2D eigenvalue weighted by Crippen LogP contribution is -2.02. The van der Waals surface area contributed by atoms with Crippen molar-refractivity contribution >= 4 is 11.0 Å². The van der Waals surface area contributed by atoms with E-state index in [-0.39, 0.29) is 0 Å². The van der Waals surface area contributed by atoms with E-state index >= 15 is 0 Å². The molecule has 0 atom stereocenters. The molecule has 0 saturated heterocycles. The zero-order chi connectivity index (χ0) is 24.2. The number of pyridine rings is 2. The Morgan fingerprint density at radius 3 is 1.17 bits per heavy atom. The van der Waals surface area contributed by atoms with Gasteiger partial charge in [0.15, 0.2) is 5.65 Å². The van der Waals surface area contributed by atoms with Gasteiger partial charge in [0, 0.05) is 29.4 Å². The van der Waals surface area contributed by atoms with Gasteiger partial charge in [-0.05, 0) is 34.4 Å². The molecular weight excluding hydrogens is 436 g/mol. The van der Waals surface area contributed by atoms with E-state index in [9.17, 15) is 0 Å². The van der Waals surface area contributed by atoms with E-state index in [1.165, 1.54) is 22.3 Å². The van der Waals surface area contributed by atoms with Crippen molar-refractivity contribution in [1.82, 2.24) is 9.97 Å². The van der Waals surface area contributed by atoms with Gasteiger partial charge in [-0.15, -0.1) is 0 Å². The SMILES string of the molecule is c1ccc(Cc2nc3nc(Cc4ccccc4)c(-c4ccccc4)cc3cc2-c2ccccc2)cc1. The molecular formula is C34H26N2. The molecule has 4 aromatic carbocycles. The molecule has 2 nitrogen and oxygen atoms in total. The lowest BCUT2D eigenvalue weighted by molar-refractivity contribution is 1.05. The minimum absolute atomic E-state index is 0.761. The minimum atomic E-state index is 0.761. The quantitative estimate of drug-likeness (QED) is 0.250. The second-order valence-corrected chi connectivity index (χ2v) is 9.07. The Hall–Kier alpha value is -4.56. The molecule has 0 aliphatic rings. The fraction of sp³-hybridized carbons (Fsp3) is 0.0588. The summed E-state index contributed by atoms with van der Waals surface area (Å²) >= 11 is 0. The van der Waals surface area contributed by atoms with Crippen LogP contribution in [0.2, 0.25) is 0 Å². The van der Waals surface area contributed by atoms with E-state index in [1.807, 2.05) is 0 Å². The van der Waals surface area contributed by atoms with E-state index in [1.54, 1.807) is 0 Å². The fourth-order valence-electron chi connectivity index (χ4n) is 4.76. The molecule has 0 aliphatic heterocycles. The summed E-state index contributed by atoms with van der Waals surface area (Å²) in [6.45, 7) is 0. The first-order valence-electron chi connectivity index (χ1n) is 12.4. The van der Waals surface area contributed by atoms with Gasteiger partial charge >= 0.3 is 0 Å². The maximum absolute atomic E-state index is 5.17. The molecule has 36 heavy (non-hydrogen) atoms. The van der Waals surface area contributed by atoms with Crippen LogP contribution in [0, 0.1) is 0 Å². The lowest BCUT2D eigenvalue weighted by Gasteiger charge is -2.15. The first kappa shape index (κ1) is 21.9. The molecule has 0 unspecified atom stereocenters. The molecule has 0 amide bonds. The van der Waals surface area contributed by atoms with Gasteiger partial charge in [-0.1, -0.05) is 121 Å². The summed E-state index contributed by atoms with van der Waals surface area (Å²) < 4.78 is 0. The third-order valence-electron chi connectivity index (χ3n) is 6.56. The molecule has 0 fully saturated rings. The van der Waals surface area contributed by atoms with Gasteiger partial charge in [0.2, 0.25) is 0 Å². The minimum Gasteiger partial charge on any atom is -0.232 e. The van der Waals surface area contributed by atoms with Gasteiger partial charge in [-0.25, -0.2) is 9.97 Å². The summed E-state index contributed by atoms with van der Waals surface area (Å²) in [5, 5.41) is 1.06. The van der Waals surface area contributed by atoms with Crippen molar-refractivity contribution in [3.63, 3.8) is 0 Å². The number of hydrogen-bond donors (Lipinski definition) is 0. The van der Waals surface area contributed by atoms with E-state index in [0.29, 0.717) is 0 Å². The second-order valence-electron chi connectivity index (χ2n) is 9.07. The van der Waals surface area contributed by atoms with Crippen molar-refractivity contribution in [3.8, 4) is 22.3 Å². The Bertz CT molecular complexity index is 1470. The molecule has 172 valence electrons. The summed E-state index contributed by atoms with van der Waals surface area (Å²) in [6, 6.07) is 46.7. The zero-order valence-corrected chi connectivity index (χ0v) is 20.0. The topological polar surface area (TPSA) is 25.8 Å². The first-order valence-corrected chi connectivity index (χ1v) is 12.4. The Morgan fingerprint density at radius 1 is 0.417 bits per heavy atom. The standard InChI is InChI=1S/C34H26N2/c1-5-13-25(14-6-1)21-32-30(27-17-9-3-10-18-27)23-29-24-31(28-19-11-4-12-20-28)33(36-34(29)35-32)22-26-15-7-2-8-16-26/h1-20,23-24H,21-22H2. The molecule has 6 rings (SSSR count). The normalized spacial score (nSPS) is 11.0. The number of nitrogens with zero attached hydrogens (tertiary/aromatic N) is 2. The number of benzene rings is 4. The second kappa shape index (κ2) is 9.97. The number of fused-ring (bicyclic) bond motifs is 1. The highest BCUT2D eigenvalue weighted by Gasteiger charge is 2.15. The van der Waals surface area contributed by atoms with Crippen LogP contribution in [0.3, 0.4) is 0 Å². The van der Waals surface area contributed by atoms with Crippen LogP contribution < -0.4 is 0 Å². The van der Waals surface area contributed by atoms with Crippen molar-refractivity contribution < 1.29 is 0 Å². The van der Waals surface area contributed by atoms with Crippen LogP contribution >= 0.6 is 0 Å². The Kier molecular flexibility index (Phi) is 6.08. The molecule has 0 N–H and O–H groups in total. The van der Waals surface area contributed by atoms with E-state index in [0.717, 1.165) is 46.4 Å². The maximum Gasteiger partial charge on any atom is 0.159 e. The number of rotatable bonds is 6. The molecule has 2 aromatic heterocycles. The van der Waals surface area contributed by atoms with E-state index in [4.69, 9.17) is 9.97 Å². The summed E-state index contributed by atoms with van der Waals surface area (Å²) in [6.07, 6.45) is 1.52. The van der Waals surface area contributed by atoms with Gasteiger partial charge < -0.3 is 0 Å². The predicted molar refractivity (Wildman–Crippen MR) is 149 cm³/mol. The van der Waals surface area contributed by atoms with Crippen LogP contribution in [0.15, 0.2) is 133 Å². The van der Waals surface area contributed by atoms with Gasteiger partial charge in [0.05, 0.1) is 11.4 Å². The summed E-state index contributed by atoms with van der Waals surface area (Å²) in [5.74, 6) is 0. The molecule has 2 heteroatoms. The number of hydrogen-bond acceptors (Lipinski definition) is 2. The highest BCUT2D eigenvalue weighted by molar-refractivity contribution is 5.87. The van der Waals surface area contributed by atoms with Crippen LogP contribution in [-0.4, -0.2) is 9.97 Å². The average Bonchev–Trinajstić information content (AvgIpc) is 2.94. The highest BCUT2D eigenvalue weighted by atomic mass is 14.9. The summed E-state index contributed by atoms with van der Waals surface area (Å²) in [5.41, 5.74) is 10.0. The van der Waals surface area contributed by atoms with E-state index < -0.39 is 0 Å². The van der Waals surface area contributed by atoms with Crippen LogP contribution in [0.25, 0.3) is 33.3 Å². The molecule has 0 spiro atoms. The molecule has 2 heterocycles. The smallest absolute Gasteiger partial charge is 0.159 e.